The number of fused-ring (bicyclic) bond motifs is 1. The van der Waals surface area contributed by atoms with Crippen LogP contribution < -0.4 is 5.76 Å². The molecule has 0 N–H and O–H groups in total. The summed E-state index contributed by atoms with van der Waals surface area (Å²) in [5.41, 5.74) is 2.22. The normalized spacial score (nSPS) is 11.3. The van der Waals surface area contributed by atoms with Crippen molar-refractivity contribution < 1.29 is 4.42 Å². The molecule has 1 aromatic carbocycles. The molecular weight excluding hydrogens is 284 g/mol. The van der Waals surface area contributed by atoms with E-state index >= 15 is 0 Å². The predicted molar refractivity (Wildman–Crippen MR) is 76.2 cm³/mol. The largest absolute Gasteiger partial charge is 0.420 e. The molecule has 2 aromatic heterocycles. The van der Waals surface area contributed by atoms with Crippen molar-refractivity contribution >= 4 is 34.0 Å². The third-order valence-corrected chi connectivity index (χ3v) is 4.22. The third-order valence-electron chi connectivity index (χ3n) is 2.93. The highest BCUT2D eigenvalue weighted by atomic mass is 35.5. The Hall–Kier alpha value is -1.59. The van der Waals surface area contributed by atoms with E-state index in [4.69, 9.17) is 16.0 Å². The second kappa shape index (κ2) is 4.51. The Balaban J connectivity index is 2.13. The smallest absolute Gasteiger partial charge is 0.408 e. The van der Waals surface area contributed by atoms with E-state index in [-0.39, 0.29) is 5.76 Å². The van der Waals surface area contributed by atoms with Crippen LogP contribution in [0, 0.1) is 13.8 Å². The summed E-state index contributed by atoms with van der Waals surface area (Å²) in [5, 5.41) is 1.55. The van der Waals surface area contributed by atoms with Crippen LogP contribution >= 0.6 is 22.9 Å². The van der Waals surface area contributed by atoms with E-state index in [9.17, 15) is 4.79 Å². The quantitative estimate of drug-likeness (QED) is 0.728. The van der Waals surface area contributed by atoms with Gasteiger partial charge in [0.25, 0.3) is 0 Å². The van der Waals surface area contributed by atoms with E-state index in [2.05, 4.69) is 4.98 Å². The van der Waals surface area contributed by atoms with Gasteiger partial charge in [0.1, 0.15) is 0 Å². The number of oxazole rings is 1. The molecule has 3 rings (SSSR count). The molecule has 0 spiro atoms. The van der Waals surface area contributed by atoms with Crippen LogP contribution in [-0.4, -0.2) is 9.55 Å². The Bertz CT molecular complexity index is 816. The second-order valence-corrected chi connectivity index (χ2v) is 6.03. The summed E-state index contributed by atoms with van der Waals surface area (Å²) in [7, 11) is 0. The van der Waals surface area contributed by atoms with Gasteiger partial charge in [-0.25, -0.2) is 9.78 Å². The highest BCUT2D eigenvalue weighted by Crippen LogP contribution is 2.22. The summed E-state index contributed by atoms with van der Waals surface area (Å²) < 4.78 is 6.81. The molecule has 0 aliphatic carbocycles. The highest BCUT2D eigenvalue weighted by Gasteiger charge is 2.13. The summed E-state index contributed by atoms with van der Waals surface area (Å²) in [5.74, 6) is -0.372. The molecule has 0 aliphatic heterocycles. The first-order chi connectivity index (χ1) is 9.04. The van der Waals surface area contributed by atoms with Gasteiger partial charge in [-0.05, 0) is 26.0 Å². The number of hydrogen-bond acceptors (Lipinski definition) is 4. The first-order valence-electron chi connectivity index (χ1n) is 5.76. The Morgan fingerprint density at radius 3 is 2.89 bits per heavy atom. The van der Waals surface area contributed by atoms with Gasteiger partial charge in [0, 0.05) is 16.0 Å². The van der Waals surface area contributed by atoms with Crippen molar-refractivity contribution in [1.82, 2.24) is 9.55 Å². The van der Waals surface area contributed by atoms with Crippen LogP contribution in [0.15, 0.2) is 27.4 Å². The Morgan fingerprint density at radius 1 is 1.42 bits per heavy atom. The topological polar surface area (TPSA) is 48.0 Å². The number of aromatic nitrogens is 2. The van der Waals surface area contributed by atoms with Crippen LogP contribution in [-0.2, 0) is 6.54 Å². The lowest BCUT2D eigenvalue weighted by atomic mass is 10.3. The van der Waals surface area contributed by atoms with E-state index in [0.29, 0.717) is 17.2 Å². The monoisotopic (exact) mass is 294 g/mol. The minimum atomic E-state index is -0.372. The maximum absolute atomic E-state index is 11.9. The van der Waals surface area contributed by atoms with Gasteiger partial charge in [-0.15, -0.1) is 11.3 Å². The van der Waals surface area contributed by atoms with Crippen LogP contribution in [0.4, 0.5) is 0 Å². The zero-order chi connectivity index (χ0) is 13.6. The van der Waals surface area contributed by atoms with Crippen LogP contribution in [0.2, 0.25) is 5.02 Å². The minimum absolute atomic E-state index is 0.372. The van der Waals surface area contributed by atoms with Gasteiger partial charge in [0.05, 0.1) is 22.8 Å². The molecule has 0 radical (unpaired) electrons. The summed E-state index contributed by atoms with van der Waals surface area (Å²) >= 11 is 7.48. The molecule has 6 heteroatoms. The van der Waals surface area contributed by atoms with Crippen molar-refractivity contribution in [2.45, 2.75) is 20.4 Å². The minimum Gasteiger partial charge on any atom is -0.408 e. The number of rotatable bonds is 2. The molecule has 0 amide bonds. The van der Waals surface area contributed by atoms with E-state index in [1.807, 2.05) is 13.8 Å². The molecule has 0 aliphatic rings. The Kier molecular flexibility index (Phi) is 2.95. The molecule has 0 saturated heterocycles. The molecule has 3 aromatic rings. The Morgan fingerprint density at radius 2 is 2.21 bits per heavy atom. The molecule has 0 atom stereocenters. The van der Waals surface area contributed by atoms with Crippen LogP contribution in [0.25, 0.3) is 11.1 Å². The van der Waals surface area contributed by atoms with Crippen molar-refractivity contribution in [2.75, 3.05) is 0 Å². The molecule has 0 saturated carbocycles. The van der Waals surface area contributed by atoms with Gasteiger partial charge in [-0.3, -0.25) is 4.57 Å². The van der Waals surface area contributed by atoms with Crippen molar-refractivity contribution in [2.24, 2.45) is 0 Å². The SMILES string of the molecule is Cc1nc(C)c(Cn2c(=O)oc3cc(Cl)ccc32)s1. The van der Waals surface area contributed by atoms with E-state index in [0.717, 1.165) is 21.1 Å². The summed E-state index contributed by atoms with van der Waals surface area (Å²) in [4.78, 5) is 17.3. The fraction of sp³-hybridized carbons (Fsp3) is 0.231. The van der Waals surface area contributed by atoms with Gasteiger partial charge < -0.3 is 4.42 Å². The summed E-state index contributed by atoms with van der Waals surface area (Å²) in [6, 6.07) is 5.20. The lowest BCUT2D eigenvalue weighted by molar-refractivity contribution is 0.518. The average Bonchev–Trinajstić information content (AvgIpc) is 2.80. The maximum Gasteiger partial charge on any atom is 0.420 e. The zero-order valence-electron chi connectivity index (χ0n) is 10.4. The number of benzene rings is 1. The molecule has 0 unspecified atom stereocenters. The molecule has 4 nitrogen and oxygen atoms in total. The van der Waals surface area contributed by atoms with Gasteiger partial charge in [0.15, 0.2) is 5.58 Å². The van der Waals surface area contributed by atoms with Crippen molar-refractivity contribution in [3.63, 3.8) is 0 Å². The lowest BCUT2D eigenvalue weighted by Crippen LogP contribution is -2.14. The maximum atomic E-state index is 11.9. The first kappa shape index (κ1) is 12.4. The average molecular weight is 295 g/mol. The number of nitrogens with zero attached hydrogens (tertiary/aromatic N) is 2. The van der Waals surface area contributed by atoms with Crippen molar-refractivity contribution in [3.05, 3.63) is 49.4 Å². The fourth-order valence-electron chi connectivity index (χ4n) is 2.05. The number of halogens is 1. The number of aryl methyl sites for hydroxylation is 2. The molecule has 2 heterocycles. The van der Waals surface area contributed by atoms with E-state index in [1.54, 1.807) is 34.1 Å². The second-order valence-electron chi connectivity index (χ2n) is 4.31. The highest BCUT2D eigenvalue weighted by molar-refractivity contribution is 7.11. The van der Waals surface area contributed by atoms with E-state index in [1.165, 1.54) is 0 Å². The molecule has 0 fully saturated rings. The molecule has 98 valence electrons. The zero-order valence-corrected chi connectivity index (χ0v) is 12.0. The van der Waals surface area contributed by atoms with Crippen molar-refractivity contribution in [1.29, 1.82) is 0 Å². The molecule has 19 heavy (non-hydrogen) atoms. The van der Waals surface area contributed by atoms with Crippen molar-refractivity contribution in [3.8, 4) is 0 Å². The predicted octanol–water partition coefficient (Wildman–Crippen LogP) is 3.37. The lowest BCUT2D eigenvalue weighted by Gasteiger charge is -2.00. The summed E-state index contributed by atoms with van der Waals surface area (Å²) in [6.07, 6.45) is 0. The van der Waals surface area contributed by atoms with Gasteiger partial charge >= 0.3 is 5.76 Å². The van der Waals surface area contributed by atoms with Crippen LogP contribution in [0.5, 0.6) is 0 Å². The molecule has 0 bridgehead atoms. The van der Waals surface area contributed by atoms with Gasteiger partial charge in [-0.1, -0.05) is 11.6 Å². The summed E-state index contributed by atoms with van der Waals surface area (Å²) in [6.45, 7) is 4.38. The van der Waals surface area contributed by atoms with E-state index < -0.39 is 0 Å². The number of thiazole rings is 1. The standard InChI is InChI=1S/C13H11ClN2O2S/c1-7-12(19-8(2)15-7)6-16-10-4-3-9(14)5-11(10)18-13(16)17/h3-5H,6H2,1-2H3. The van der Waals surface area contributed by atoms with Crippen LogP contribution in [0.1, 0.15) is 15.6 Å². The molecular formula is C13H11ClN2O2S. The fourth-order valence-corrected chi connectivity index (χ4v) is 3.14. The van der Waals surface area contributed by atoms with Crippen LogP contribution in [0.3, 0.4) is 0 Å². The number of hydrogen-bond donors (Lipinski definition) is 0. The Labute approximate surface area is 118 Å². The van der Waals surface area contributed by atoms with Gasteiger partial charge in [-0.2, -0.15) is 0 Å². The third kappa shape index (κ3) is 2.19. The first-order valence-corrected chi connectivity index (χ1v) is 6.96. The van der Waals surface area contributed by atoms with Gasteiger partial charge in [0.2, 0.25) is 0 Å².